The van der Waals surface area contributed by atoms with Crippen LogP contribution in [-0.4, -0.2) is 20.9 Å². The second-order valence-electron chi connectivity index (χ2n) is 7.37. The van der Waals surface area contributed by atoms with Gasteiger partial charge in [-0.05, 0) is 56.4 Å². The summed E-state index contributed by atoms with van der Waals surface area (Å²) in [6.45, 7) is 1.97. The first-order valence-electron chi connectivity index (χ1n) is 9.77. The number of carbonyl (C=O) groups excluding carboxylic acids is 1. The number of H-pyrrole nitrogens is 1. The number of fused-ring (bicyclic) bond motifs is 4. The van der Waals surface area contributed by atoms with Gasteiger partial charge in [-0.3, -0.25) is 9.59 Å². The van der Waals surface area contributed by atoms with Crippen molar-refractivity contribution in [1.82, 2.24) is 15.0 Å². The van der Waals surface area contributed by atoms with Gasteiger partial charge in [0.2, 0.25) is 5.91 Å². The molecule has 1 amide bonds. The van der Waals surface area contributed by atoms with E-state index in [0.29, 0.717) is 12.2 Å². The van der Waals surface area contributed by atoms with Gasteiger partial charge in [-0.1, -0.05) is 0 Å². The highest BCUT2D eigenvalue weighted by atomic mass is 32.1. The number of aromatic nitrogens is 3. The van der Waals surface area contributed by atoms with Crippen LogP contribution in [0, 0.1) is 6.92 Å². The van der Waals surface area contributed by atoms with E-state index in [2.05, 4.69) is 20.3 Å². The molecule has 4 aromatic rings. The van der Waals surface area contributed by atoms with Gasteiger partial charge in [0.05, 0.1) is 20.6 Å². The highest BCUT2D eigenvalue weighted by Gasteiger charge is 2.20. The van der Waals surface area contributed by atoms with Crippen molar-refractivity contribution >= 4 is 54.7 Å². The third kappa shape index (κ3) is 3.58. The molecule has 2 N–H and O–H groups in total. The molecule has 0 fully saturated rings. The average Bonchev–Trinajstić information content (AvgIpc) is 3.25. The van der Waals surface area contributed by atoms with Crippen LogP contribution in [0.3, 0.4) is 0 Å². The maximum absolute atomic E-state index is 12.6. The van der Waals surface area contributed by atoms with Gasteiger partial charge in [0.15, 0.2) is 0 Å². The highest BCUT2D eigenvalue weighted by Crippen LogP contribution is 2.33. The predicted molar refractivity (Wildman–Crippen MR) is 118 cm³/mol. The third-order valence-electron chi connectivity index (χ3n) is 5.24. The number of amides is 1. The SMILES string of the molecule is Cc1nc2ccc(NC(=O)CCc3nc4sc5c(c4c(=O)[nH]3)CCCC5)cc2s1. The maximum atomic E-state index is 12.6. The summed E-state index contributed by atoms with van der Waals surface area (Å²) in [7, 11) is 0. The largest absolute Gasteiger partial charge is 0.326 e. The zero-order valence-electron chi connectivity index (χ0n) is 16.0. The second kappa shape index (κ2) is 7.35. The first-order chi connectivity index (χ1) is 14.1. The van der Waals surface area contributed by atoms with Crippen LogP contribution in [0.15, 0.2) is 23.0 Å². The molecule has 0 saturated carbocycles. The van der Waals surface area contributed by atoms with Crippen LogP contribution < -0.4 is 10.9 Å². The Morgan fingerprint density at radius 1 is 1.21 bits per heavy atom. The number of nitrogens with one attached hydrogen (secondary N) is 2. The van der Waals surface area contributed by atoms with Crippen molar-refractivity contribution < 1.29 is 4.79 Å². The molecule has 0 unspecified atom stereocenters. The lowest BCUT2D eigenvalue weighted by Crippen LogP contribution is -2.16. The van der Waals surface area contributed by atoms with Gasteiger partial charge in [0.25, 0.3) is 5.56 Å². The Kier molecular flexibility index (Phi) is 4.67. The summed E-state index contributed by atoms with van der Waals surface area (Å²) < 4.78 is 1.05. The van der Waals surface area contributed by atoms with Crippen LogP contribution in [0.2, 0.25) is 0 Å². The number of aromatic amines is 1. The number of carbonyl (C=O) groups is 1. The molecule has 0 spiro atoms. The lowest BCUT2D eigenvalue weighted by Gasteiger charge is -2.09. The zero-order valence-corrected chi connectivity index (χ0v) is 17.6. The van der Waals surface area contributed by atoms with E-state index in [1.807, 2.05) is 25.1 Å². The zero-order chi connectivity index (χ0) is 20.0. The molecule has 3 aromatic heterocycles. The smallest absolute Gasteiger partial charge is 0.259 e. The molecule has 3 heterocycles. The normalized spacial score (nSPS) is 13.7. The number of aryl methyl sites for hydroxylation is 4. The first kappa shape index (κ1) is 18.4. The molecule has 6 nitrogen and oxygen atoms in total. The van der Waals surface area contributed by atoms with Crippen LogP contribution in [0.25, 0.3) is 20.4 Å². The van der Waals surface area contributed by atoms with Gasteiger partial charge in [0.1, 0.15) is 10.7 Å². The van der Waals surface area contributed by atoms with Crippen LogP contribution in [-0.2, 0) is 24.1 Å². The van der Waals surface area contributed by atoms with Crippen LogP contribution in [0.5, 0.6) is 0 Å². The van der Waals surface area contributed by atoms with E-state index >= 15 is 0 Å². The topological polar surface area (TPSA) is 87.7 Å². The fourth-order valence-electron chi connectivity index (χ4n) is 3.90. The van der Waals surface area contributed by atoms with E-state index in [4.69, 9.17) is 0 Å². The number of anilines is 1. The Morgan fingerprint density at radius 3 is 2.97 bits per heavy atom. The number of hydrogen-bond donors (Lipinski definition) is 2. The maximum Gasteiger partial charge on any atom is 0.259 e. The van der Waals surface area contributed by atoms with E-state index in [9.17, 15) is 9.59 Å². The lowest BCUT2D eigenvalue weighted by atomic mass is 9.97. The van der Waals surface area contributed by atoms with Gasteiger partial charge in [-0.2, -0.15) is 0 Å². The number of benzene rings is 1. The summed E-state index contributed by atoms with van der Waals surface area (Å²) >= 11 is 3.24. The van der Waals surface area contributed by atoms with E-state index in [1.54, 1.807) is 22.7 Å². The fourth-order valence-corrected chi connectivity index (χ4v) is 6.05. The third-order valence-corrected chi connectivity index (χ3v) is 7.36. The van der Waals surface area contributed by atoms with Crippen molar-refractivity contribution in [2.24, 2.45) is 0 Å². The summed E-state index contributed by atoms with van der Waals surface area (Å²) in [5.74, 6) is 0.476. The lowest BCUT2D eigenvalue weighted by molar-refractivity contribution is -0.116. The molecule has 0 aliphatic heterocycles. The molecule has 0 atom stereocenters. The van der Waals surface area contributed by atoms with Crippen molar-refractivity contribution in [3.05, 3.63) is 49.8 Å². The van der Waals surface area contributed by atoms with Crippen LogP contribution >= 0.6 is 22.7 Å². The predicted octanol–water partition coefficient (Wildman–Crippen LogP) is 4.35. The second-order valence-corrected chi connectivity index (χ2v) is 9.69. The quantitative estimate of drug-likeness (QED) is 0.510. The Labute approximate surface area is 175 Å². The Hall–Kier alpha value is -2.58. The number of thiazole rings is 1. The molecular formula is C21H20N4O2S2. The molecule has 8 heteroatoms. The molecule has 5 rings (SSSR count). The van der Waals surface area contributed by atoms with Gasteiger partial charge in [-0.15, -0.1) is 22.7 Å². The molecule has 1 aliphatic rings. The number of thiophene rings is 1. The van der Waals surface area contributed by atoms with Crippen LogP contribution in [0.4, 0.5) is 5.69 Å². The Bertz CT molecular complexity index is 1300. The minimum atomic E-state index is -0.0983. The summed E-state index contributed by atoms with van der Waals surface area (Å²) in [5, 5.41) is 4.69. The minimum absolute atomic E-state index is 0.0733. The molecule has 29 heavy (non-hydrogen) atoms. The molecule has 148 valence electrons. The van der Waals surface area contributed by atoms with E-state index in [1.165, 1.54) is 16.9 Å². The number of hydrogen-bond acceptors (Lipinski definition) is 6. The Balaban J connectivity index is 1.30. The number of nitrogens with zero attached hydrogens (tertiary/aromatic N) is 2. The monoisotopic (exact) mass is 424 g/mol. The van der Waals surface area contributed by atoms with Crippen molar-refractivity contribution in [2.75, 3.05) is 5.32 Å². The van der Waals surface area contributed by atoms with Crippen molar-refractivity contribution in [3.8, 4) is 0 Å². The van der Waals surface area contributed by atoms with Gasteiger partial charge in [-0.25, -0.2) is 9.97 Å². The Morgan fingerprint density at radius 2 is 2.07 bits per heavy atom. The number of rotatable bonds is 4. The first-order valence-corrected chi connectivity index (χ1v) is 11.4. The van der Waals surface area contributed by atoms with Crippen molar-refractivity contribution in [1.29, 1.82) is 0 Å². The molecule has 1 aromatic carbocycles. The van der Waals surface area contributed by atoms with Crippen LogP contribution in [0.1, 0.15) is 40.5 Å². The van der Waals surface area contributed by atoms with Crippen molar-refractivity contribution in [3.63, 3.8) is 0 Å². The van der Waals surface area contributed by atoms with Crippen molar-refractivity contribution in [2.45, 2.75) is 45.4 Å². The molecule has 0 saturated heterocycles. The van der Waals surface area contributed by atoms with E-state index < -0.39 is 0 Å². The highest BCUT2D eigenvalue weighted by molar-refractivity contribution is 7.19. The van der Waals surface area contributed by atoms with Gasteiger partial charge in [0, 0.05) is 23.4 Å². The van der Waals surface area contributed by atoms with Gasteiger partial charge < -0.3 is 10.3 Å². The molecule has 0 radical (unpaired) electrons. The molecular weight excluding hydrogens is 404 g/mol. The average molecular weight is 425 g/mol. The molecule has 0 bridgehead atoms. The summed E-state index contributed by atoms with van der Waals surface area (Å²) in [6.07, 6.45) is 4.98. The summed E-state index contributed by atoms with van der Waals surface area (Å²) in [6, 6.07) is 5.72. The van der Waals surface area contributed by atoms with Gasteiger partial charge >= 0.3 is 0 Å². The molecule has 1 aliphatic carbocycles. The fraction of sp³-hybridized carbons (Fsp3) is 0.333. The summed E-state index contributed by atoms with van der Waals surface area (Å²) in [5.41, 5.74) is 2.81. The standard InChI is InChI=1S/C21H20N4O2S2/c1-11-22-14-7-6-12(10-16(14)28-11)23-18(26)9-8-17-24-20(27)19-13-4-2-3-5-15(13)29-21(19)25-17/h6-7,10H,2-5,8-9H2,1H3,(H,23,26)(H,24,25,27). The summed E-state index contributed by atoms with van der Waals surface area (Å²) in [4.78, 5) is 39.1. The van der Waals surface area contributed by atoms with E-state index in [-0.39, 0.29) is 17.9 Å². The van der Waals surface area contributed by atoms with E-state index in [0.717, 1.165) is 50.4 Å². The minimum Gasteiger partial charge on any atom is -0.326 e.